The minimum atomic E-state index is -0.440. The fraction of sp³-hybridized carbons (Fsp3) is 0.208. The fourth-order valence-corrected chi connectivity index (χ4v) is 4.15. The first kappa shape index (κ1) is 21.4. The second kappa shape index (κ2) is 9.60. The highest BCUT2D eigenvalue weighted by molar-refractivity contribution is 9.10. The molecule has 0 atom stereocenters. The summed E-state index contributed by atoms with van der Waals surface area (Å²) in [7, 11) is 0. The van der Waals surface area contributed by atoms with Crippen LogP contribution in [0.15, 0.2) is 65.4 Å². The smallest absolute Gasteiger partial charge is 0.338 e. The number of halogens is 1. The van der Waals surface area contributed by atoms with Crippen LogP contribution in [0.4, 0.5) is 5.95 Å². The van der Waals surface area contributed by atoms with Crippen LogP contribution in [0.1, 0.15) is 16.1 Å². The Morgan fingerprint density at radius 3 is 2.64 bits per heavy atom. The maximum absolute atomic E-state index is 12.7. The molecule has 0 amide bonds. The highest BCUT2D eigenvalue weighted by Crippen LogP contribution is 2.27. The molecule has 0 radical (unpaired) electrons. The van der Waals surface area contributed by atoms with Crippen molar-refractivity contribution >= 4 is 38.9 Å². The van der Waals surface area contributed by atoms with Crippen molar-refractivity contribution < 1.29 is 9.53 Å². The SMILES string of the molecule is O=C(OCc1ccnc(N2CCNCC2)n1)c1ccc2nc(-c3ccccc3)c(Br)nc2c1. The Morgan fingerprint density at radius 1 is 1.00 bits per heavy atom. The Kier molecular flexibility index (Phi) is 6.23. The minimum Gasteiger partial charge on any atom is -0.456 e. The van der Waals surface area contributed by atoms with Crippen molar-refractivity contribution in [3.8, 4) is 11.3 Å². The van der Waals surface area contributed by atoms with E-state index in [1.54, 1.807) is 30.5 Å². The lowest BCUT2D eigenvalue weighted by Gasteiger charge is -2.27. The fourth-order valence-electron chi connectivity index (χ4n) is 3.64. The molecule has 1 N–H and O–H groups in total. The van der Waals surface area contributed by atoms with Crippen LogP contribution in [0.25, 0.3) is 22.3 Å². The third kappa shape index (κ3) is 4.84. The summed E-state index contributed by atoms with van der Waals surface area (Å²) in [4.78, 5) is 33.0. The second-order valence-corrected chi connectivity index (χ2v) is 8.34. The monoisotopic (exact) mass is 504 g/mol. The number of benzene rings is 2. The topological polar surface area (TPSA) is 93.1 Å². The normalized spacial score (nSPS) is 13.8. The molecule has 2 aromatic heterocycles. The Bertz CT molecular complexity index is 1290. The van der Waals surface area contributed by atoms with E-state index in [9.17, 15) is 4.79 Å². The number of hydrogen-bond acceptors (Lipinski definition) is 8. The zero-order valence-corrected chi connectivity index (χ0v) is 19.3. The van der Waals surface area contributed by atoms with E-state index in [-0.39, 0.29) is 6.61 Å². The van der Waals surface area contributed by atoms with E-state index in [2.05, 4.69) is 41.1 Å². The predicted molar refractivity (Wildman–Crippen MR) is 129 cm³/mol. The van der Waals surface area contributed by atoms with Crippen LogP contribution in [0.5, 0.6) is 0 Å². The van der Waals surface area contributed by atoms with E-state index in [1.165, 1.54) is 0 Å². The number of nitrogens with zero attached hydrogens (tertiary/aromatic N) is 5. The number of carbonyl (C=O) groups is 1. The Balaban J connectivity index is 1.31. The summed E-state index contributed by atoms with van der Waals surface area (Å²) < 4.78 is 6.13. The lowest BCUT2D eigenvalue weighted by molar-refractivity contribution is 0.0468. The van der Waals surface area contributed by atoms with Crippen LogP contribution < -0.4 is 10.2 Å². The van der Waals surface area contributed by atoms with Gasteiger partial charge in [0, 0.05) is 37.9 Å². The van der Waals surface area contributed by atoms with Crippen molar-refractivity contribution in [1.82, 2.24) is 25.3 Å². The Labute approximate surface area is 199 Å². The van der Waals surface area contributed by atoms with Crippen LogP contribution in [0.2, 0.25) is 0 Å². The Hall–Kier alpha value is -3.43. The van der Waals surface area contributed by atoms with Gasteiger partial charge in [0.1, 0.15) is 16.9 Å². The molecule has 0 saturated carbocycles. The summed E-state index contributed by atoms with van der Waals surface area (Å²) in [6, 6.07) is 16.8. The van der Waals surface area contributed by atoms with Gasteiger partial charge in [-0.25, -0.2) is 24.7 Å². The van der Waals surface area contributed by atoms with Gasteiger partial charge in [-0.3, -0.25) is 0 Å². The summed E-state index contributed by atoms with van der Waals surface area (Å²) >= 11 is 3.50. The van der Waals surface area contributed by atoms with E-state index >= 15 is 0 Å². The molecule has 8 nitrogen and oxygen atoms in total. The molecule has 33 heavy (non-hydrogen) atoms. The number of anilines is 1. The number of fused-ring (bicyclic) bond motifs is 1. The minimum absolute atomic E-state index is 0.0702. The third-order valence-corrected chi connectivity index (χ3v) is 5.91. The zero-order chi connectivity index (χ0) is 22.6. The number of carbonyl (C=O) groups excluding carboxylic acids is 1. The number of piperazine rings is 1. The highest BCUT2D eigenvalue weighted by atomic mass is 79.9. The number of aromatic nitrogens is 4. The third-order valence-electron chi connectivity index (χ3n) is 5.36. The molecule has 0 spiro atoms. The highest BCUT2D eigenvalue weighted by Gasteiger charge is 2.15. The molecule has 9 heteroatoms. The molecule has 166 valence electrons. The van der Waals surface area contributed by atoms with Crippen molar-refractivity contribution in [2.45, 2.75) is 6.61 Å². The van der Waals surface area contributed by atoms with Crippen LogP contribution in [-0.4, -0.2) is 52.1 Å². The van der Waals surface area contributed by atoms with E-state index in [0.29, 0.717) is 32.8 Å². The molecule has 1 aliphatic heterocycles. The van der Waals surface area contributed by atoms with Gasteiger partial charge in [0.25, 0.3) is 0 Å². The number of hydrogen-bond donors (Lipinski definition) is 1. The first-order valence-corrected chi connectivity index (χ1v) is 11.4. The Morgan fingerprint density at radius 2 is 1.82 bits per heavy atom. The number of nitrogens with one attached hydrogen (secondary N) is 1. The van der Waals surface area contributed by atoms with Crippen LogP contribution in [0, 0.1) is 0 Å². The molecule has 1 fully saturated rings. The number of ether oxygens (including phenoxy) is 1. The lowest BCUT2D eigenvalue weighted by Crippen LogP contribution is -2.44. The molecule has 0 unspecified atom stereocenters. The molecule has 0 bridgehead atoms. The van der Waals surface area contributed by atoms with Crippen molar-refractivity contribution in [3.63, 3.8) is 0 Å². The second-order valence-electron chi connectivity index (χ2n) is 7.59. The molecule has 1 aliphatic rings. The average Bonchev–Trinajstić information content (AvgIpc) is 2.87. The number of esters is 1. The van der Waals surface area contributed by atoms with Crippen molar-refractivity contribution in [2.75, 3.05) is 31.1 Å². The molecule has 0 aliphatic carbocycles. The van der Waals surface area contributed by atoms with Gasteiger partial charge < -0.3 is 15.0 Å². The molecule has 3 heterocycles. The van der Waals surface area contributed by atoms with Crippen LogP contribution in [-0.2, 0) is 11.3 Å². The summed E-state index contributed by atoms with van der Waals surface area (Å²) in [6.45, 7) is 3.57. The van der Waals surface area contributed by atoms with Gasteiger partial charge in [0.05, 0.1) is 22.3 Å². The zero-order valence-electron chi connectivity index (χ0n) is 17.7. The van der Waals surface area contributed by atoms with Gasteiger partial charge >= 0.3 is 5.97 Å². The van der Waals surface area contributed by atoms with Gasteiger partial charge in [-0.1, -0.05) is 30.3 Å². The molecule has 5 rings (SSSR count). The summed E-state index contributed by atoms with van der Waals surface area (Å²) in [5, 5.41) is 3.31. The van der Waals surface area contributed by atoms with Gasteiger partial charge in [0.2, 0.25) is 5.95 Å². The maximum atomic E-state index is 12.7. The van der Waals surface area contributed by atoms with Gasteiger partial charge in [0.15, 0.2) is 0 Å². The lowest BCUT2D eigenvalue weighted by atomic mass is 10.1. The number of rotatable bonds is 5. The largest absolute Gasteiger partial charge is 0.456 e. The van der Waals surface area contributed by atoms with Gasteiger partial charge in [-0.15, -0.1) is 0 Å². The van der Waals surface area contributed by atoms with Crippen molar-refractivity contribution in [1.29, 1.82) is 0 Å². The molecule has 4 aromatic rings. The van der Waals surface area contributed by atoms with E-state index in [0.717, 1.165) is 37.4 Å². The molecular weight excluding hydrogens is 484 g/mol. The molecular formula is C24H21BrN6O2. The predicted octanol–water partition coefficient (Wildman–Crippen LogP) is 3.62. The van der Waals surface area contributed by atoms with Crippen LogP contribution >= 0.6 is 15.9 Å². The molecule has 2 aromatic carbocycles. The van der Waals surface area contributed by atoms with E-state index in [1.807, 2.05) is 30.3 Å². The first-order valence-electron chi connectivity index (χ1n) is 10.6. The van der Waals surface area contributed by atoms with Crippen molar-refractivity contribution in [2.24, 2.45) is 0 Å². The van der Waals surface area contributed by atoms with E-state index in [4.69, 9.17) is 9.72 Å². The maximum Gasteiger partial charge on any atom is 0.338 e. The standard InChI is InChI=1S/C24H21BrN6O2/c25-22-21(16-4-2-1-3-5-16)29-19-7-6-17(14-20(19)30-22)23(32)33-15-18-8-9-27-24(28-18)31-12-10-26-11-13-31/h1-9,14,26H,10-13,15H2. The van der Waals surface area contributed by atoms with Crippen LogP contribution in [0.3, 0.4) is 0 Å². The van der Waals surface area contributed by atoms with Crippen molar-refractivity contribution in [3.05, 3.63) is 76.7 Å². The summed E-state index contributed by atoms with van der Waals surface area (Å²) in [6.07, 6.45) is 1.70. The molecule has 1 saturated heterocycles. The first-order chi connectivity index (χ1) is 16.2. The summed E-state index contributed by atoms with van der Waals surface area (Å²) in [5.41, 5.74) is 4.09. The quantitative estimate of drug-likeness (QED) is 0.412. The van der Waals surface area contributed by atoms with Gasteiger partial charge in [-0.05, 0) is 40.2 Å². The average molecular weight is 505 g/mol. The van der Waals surface area contributed by atoms with E-state index < -0.39 is 5.97 Å². The van der Waals surface area contributed by atoms with Gasteiger partial charge in [-0.2, -0.15) is 0 Å². The summed E-state index contributed by atoms with van der Waals surface area (Å²) in [5.74, 6) is 0.217.